The van der Waals surface area contributed by atoms with Gasteiger partial charge in [0.05, 0.1) is 12.7 Å². The largest absolute Gasteiger partial charge is 0.497 e. The van der Waals surface area contributed by atoms with Crippen LogP contribution in [0.25, 0.3) is 0 Å². The quantitative estimate of drug-likeness (QED) is 0.888. The Balaban J connectivity index is 1.57. The zero-order valence-corrected chi connectivity index (χ0v) is 14.0. The summed E-state index contributed by atoms with van der Waals surface area (Å²) in [5.74, 6) is 0.753. The van der Waals surface area contributed by atoms with Gasteiger partial charge >= 0.3 is 6.03 Å². The lowest BCUT2D eigenvalue weighted by molar-refractivity contribution is 0.00208. The summed E-state index contributed by atoms with van der Waals surface area (Å²) in [4.78, 5) is 12.1. The van der Waals surface area contributed by atoms with E-state index in [0.717, 1.165) is 24.3 Å². The first-order chi connectivity index (χ1) is 11.6. The molecular weight excluding hydrogens is 304 g/mol. The molecule has 0 unspecified atom stereocenters. The molecule has 0 saturated carbocycles. The van der Waals surface area contributed by atoms with Crippen LogP contribution in [0.4, 0.5) is 10.5 Å². The Kier molecular flexibility index (Phi) is 4.71. The Morgan fingerprint density at radius 3 is 2.21 bits per heavy atom. The van der Waals surface area contributed by atoms with Crippen molar-refractivity contribution in [1.82, 2.24) is 5.32 Å². The molecule has 2 aromatic carbocycles. The number of urea groups is 1. The SMILES string of the molecule is COc1ccc(NC(=O)NCC2(OC)Cc3ccccc3C2)cc1. The number of anilines is 1. The van der Waals surface area contributed by atoms with Crippen molar-refractivity contribution in [1.29, 1.82) is 0 Å². The highest BCUT2D eigenvalue weighted by Gasteiger charge is 2.37. The third kappa shape index (κ3) is 3.51. The highest BCUT2D eigenvalue weighted by Crippen LogP contribution is 2.32. The molecule has 1 aliphatic carbocycles. The lowest BCUT2D eigenvalue weighted by Gasteiger charge is -2.27. The van der Waals surface area contributed by atoms with E-state index in [1.54, 1.807) is 38.5 Å². The molecule has 0 spiro atoms. The number of hydrogen-bond donors (Lipinski definition) is 2. The molecule has 2 N–H and O–H groups in total. The standard InChI is InChI=1S/C19H22N2O3/c1-23-17-9-7-16(8-10-17)21-18(22)20-13-19(24-2)11-14-5-3-4-6-15(14)12-19/h3-10H,11-13H2,1-2H3,(H2,20,21,22). The van der Waals surface area contributed by atoms with Crippen LogP contribution in [-0.2, 0) is 17.6 Å². The third-order valence-electron chi connectivity index (χ3n) is 4.50. The number of rotatable bonds is 5. The summed E-state index contributed by atoms with van der Waals surface area (Å²) in [6.45, 7) is 0.459. The van der Waals surface area contributed by atoms with Gasteiger partial charge < -0.3 is 20.1 Å². The highest BCUT2D eigenvalue weighted by atomic mass is 16.5. The van der Waals surface area contributed by atoms with Gasteiger partial charge in [-0.1, -0.05) is 24.3 Å². The van der Waals surface area contributed by atoms with E-state index in [2.05, 4.69) is 22.8 Å². The number of hydrogen-bond acceptors (Lipinski definition) is 3. The van der Waals surface area contributed by atoms with Crippen molar-refractivity contribution in [3.05, 3.63) is 59.7 Å². The minimum Gasteiger partial charge on any atom is -0.497 e. The molecule has 5 heteroatoms. The molecule has 2 aromatic rings. The second kappa shape index (κ2) is 6.93. The maximum atomic E-state index is 12.1. The van der Waals surface area contributed by atoms with Gasteiger partial charge in [0.25, 0.3) is 0 Å². The monoisotopic (exact) mass is 326 g/mol. The molecule has 5 nitrogen and oxygen atoms in total. The van der Waals surface area contributed by atoms with Crippen molar-refractivity contribution < 1.29 is 14.3 Å². The van der Waals surface area contributed by atoms with Crippen LogP contribution in [0.1, 0.15) is 11.1 Å². The van der Waals surface area contributed by atoms with Crippen LogP contribution >= 0.6 is 0 Å². The van der Waals surface area contributed by atoms with E-state index in [1.807, 2.05) is 12.1 Å². The smallest absolute Gasteiger partial charge is 0.319 e. The second-order valence-electron chi connectivity index (χ2n) is 6.05. The van der Waals surface area contributed by atoms with Gasteiger partial charge in [-0.2, -0.15) is 0 Å². The molecule has 0 fully saturated rings. The Labute approximate surface area is 142 Å². The molecule has 126 valence electrons. The highest BCUT2D eigenvalue weighted by molar-refractivity contribution is 5.89. The lowest BCUT2D eigenvalue weighted by Crippen LogP contribution is -2.46. The maximum absolute atomic E-state index is 12.1. The van der Waals surface area contributed by atoms with E-state index in [-0.39, 0.29) is 11.6 Å². The van der Waals surface area contributed by atoms with E-state index >= 15 is 0 Å². The average molecular weight is 326 g/mol. The lowest BCUT2D eigenvalue weighted by atomic mass is 10.0. The van der Waals surface area contributed by atoms with Crippen molar-refractivity contribution in [2.45, 2.75) is 18.4 Å². The molecule has 0 saturated heterocycles. The minimum absolute atomic E-state index is 0.243. The fourth-order valence-electron chi connectivity index (χ4n) is 3.09. The van der Waals surface area contributed by atoms with Crippen LogP contribution in [0.3, 0.4) is 0 Å². The molecule has 0 aromatic heterocycles. The number of amides is 2. The predicted octanol–water partition coefficient (Wildman–Crippen LogP) is 3.00. The summed E-state index contributed by atoms with van der Waals surface area (Å²) < 4.78 is 10.9. The number of carbonyl (C=O) groups is 1. The van der Waals surface area contributed by atoms with E-state index < -0.39 is 0 Å². The van der Waals surface area contributed by atoms with Crippen LogP contribution in [0.15, 0.2) is 48.5 Å². The summed E-state index contributed by atoms with van der Waals surface area (Å²) in [6, 6.07) is 15.3. The number of nitrogens with one attached hydrogen (secondary N) is 2. The van der Waals surface area contributed by atoms with Gasteiger partial charge in [0.2, 0.25) is 0 Å². The van der Waals surface area contributed by atoms with E-state index in [0.29, 0.717) is 6.54 Å². The Bertz CT molecular complexity index is 688. The van der Waals surface area contributed by atoms with Crippen molar-refractivity contribution in [3.8, 4) is 5.75 Å². The summed E-state index contributed by atoms with van der Waals surface area (Å²) >= 11 is 0. The summed E-state index contributed by atoms with van der Waals surface area (Å²) in [5, 5.41) is 5.74. The number of fused-ring (bicyclic) bond motifs is 1. The second-order valence-corrected chi connectivity index (χ2v) is 6.05. The van der Waals surface area contributed by atoms with Gasteiger partial charge in [0.15, 0.2) is 0 Å². The molecule has 0 radical (unpaired) electrons. The van der Waals surface area contributed by atoms with Gasteiger partial charge in [0, 0.05) is 32.2 Å². The van der Waals surface area contributed by atoms with Crippen LogP contribution < -0.4 is 15.4 Å². The maximum Gasteiger partial charge on any atom is 0.319 e. The van der Waals surface area contributed by atoms with Crippen LogP contribution in [0.5, 0.6) is 5.75 Å². The minimum atomic E-state index is -0.374. The molecule has 24 heavy (non-hydrogen) atoms. The van der Waals surface area contributed by atoms with Gasteiger partial charge in [0.1, 0.15) is 5.75 Å². The molecule has 0 atom stereocenters. The van der Waals surface area contributed by atoms with Crippen LogP contribution in [0, 0.1) is 0 Å². The van der Waals surface area contributed by atoms with Gasteiger partial charge in [-0.05, 0) is 35.4 Å². The summed E-state index contributed by atoms with van der Waals surface area (Å²) in [5.41, 5.74) is 2.92. The molecule has 3 rings (SSSR count). The van der Waals surface area contributed by atoms with Crippen molar-refractivity contribution in [2.24, 2.45) is 0 Å². The first kappa shape index (κ1) is 16.3. The first-order valence-electron chi connectivity index (χ1n) is 7.95. The number of benzene rings is 2. The fraction of sp³-hybridized carbons (Fsp3) is 0.316. The van der Waals surface area contributed by atoms with Gasteiger partial charge in [-0.3, -0.25) is 0 Å². The summed E-state index contributed by atoms with van der Waals surface area (Å²) in [7, 11) is 3.31. The van der Waals surface area contributed by atoms with Crippen molar-refractivity contribution >= 4 is 11.7 Å². The van der Waals surface area contributed by atoms with Crippen LogP contribution in [0.2, 0.25) is 0 Å². The van der Waals surface area contributed by atoms with Crippen LogP contribution in [-0.4, -0.2) is 32.4 Å². The zero-order valence-electron chi connectivity index (χ0n) is 14.0. The number of methoxy groups -OCH3 is 2. The molecular formula is C19H22N2O3. The number of ether oxygens (including phenoxy) is 2. The molecule has 2 amide bonds. The zero-order chi connectivity index (χ0) is 17.0. The Morgan fingerprint density at radius 1 is 1.04 bits per heavy atom. The fourth-order valence-corrected chi connectivity index (χ4v) is 3.09. The van der Waals surface area contributed by atoms with Crippen molar-refractivity contribution in [2.75, 3.05) is 26.1 Å². The first-order valence-corrected chi connectivity index (χ1v) is 7.95. The molecule has 1 aliphatic rings. The topological polar surface area (TPSA) is 59.6 Å². The Morgan fingerprint density at radius 2 is 1.67 bits per heavy atom. The molecule has 0 bridgehead atoms. The van der Waals surface area contributed by atoms with E-state index in [9.17, 15) is 4.79 Å². The molecule has 0 heterocycles. The van der Waals surface area contributed by atoms with E-state index in [4.69, 9.17) is 9.47 Å². The summed E-state index contributed by atoms with van der Waals surface area (Å²) in [6.07, 6.45) is 1.62. The third-order valence-corrected chi connectivity index (χ3v) is 4.50. The normalized spacial score (nSPS) is 14.8. The Hall–Kier alpha value is -2.53. The van der Waals surface area contributed by atoms with Gasteiger partial charge in [-0.25, -0.2) is 4.79 Å². The predicted molar refractivity (Wildman–Crippen MR) is 93.6 cm³/mol. The van der Waals surface area contributed by atoms with Gasteiger partial charge in [-0.15, -0.1) is 0 Å². The van der Waals surface area contributed by atoms with E-state index in [1.165, 1.54) is 11.1 Å². The van der Waals surface area contributed by atoms with Crippen molar-refractivity contribution in [3.63, 3.8) is 0 Å². The average Bonchev–Trinajstić information content (AvgIpc) is 3.00. The molecule has 0 aliphatic heterocycles. The number of carbonyl (C=O) groups excluding carboxylic acids is 1.